The van der Waals surface area contributed by atoms with E-state index in [1.54, 1.807) is 6.92 Å². The van der Waals surface area contributed by atoms with Crippen molar-refractivity contribution in [2.45, 2.75) is 13.0 Å². The van der Waals surface area contributed by atoms with E-state index in [-0.39, 0.29) is 0 Å². The van der Waals surface area contributed by atoms with Crippen LogP contribution in [-0.4, -0.2) is 28.7 Å². The molecule has 1 aromatic heterocycles. The maximum atomic E-state index is 12.2. The third kappa shape index (κ3) is 3.29. The van der Waals surface area contributed by atoms with Crippen LogP contribution in [-0.2, 0) is 9.59 Å². The Hall–Kier alpha value is -2.74. The van der Waals surface area contributed by atoms with Gasteiger partial charge in [-0.15, -0.1) is 11.3 Å². The number of rotatable bonds is 5. The van der Waals surface area contributed by atoms with Crippen LogP contribution in [0.4, 0.5) is 0 Å². The van der Waals surface area contributed by atoms with Crippen molar-refractivity contribution in [1.82, 2.24) is 10.3 Å². The monoisotopic (exact) mass is 318 g/mol. The highest BCUT2D eigenvalue weighted by Gasteiger charge is 2.26. The maximum Gasteiger partial charge on any atom is 0.264 e. The van der Waals surface area contributed by atoms with Gasteiger partial charge in [-0.1, -0.05) is 30.3 Å². The van der Waals surface area contributed by atoms with Crippen LogP contribution in [0.5, 0.6) is 0 Å². The third-order valence-corrected chi connectivity index (χ3v) is 4.07. The molecule has 114 valence electrons. The average Bonchev–Trinajstić information content (AvgIpc) is 2.87. The predicted octanol–water partition coefficient (Wildman–Crippen LogP) is 0.188. The first kappa shape index (κ1) is 15.6. The molecule has 0 aliphatic rings. The van der Waals surface area contributed by atoms with E-state index in [4.69, 9.17) is 11.5 Å². The topological polar surface area (TPSA) is 128 Å². The Bertz CT molecular complexity index is 713. The molecule has 0 aliphatic heterocycles. The van der Waals surface area contributed by atoms with Crippen LogP contribution in [0.3, 0.4) is 0 Å². The number of benzene rings is 1. The molecule has 2 aromatic rings. The summed E-state index contributed by atoms with van der Waals surface area (Å²) in [6.45, 7) is 1.67. The number of amides is 3. The van der Waals surface area contributed by atoms with E-state index in [1.807, 2.05) is 30.3 Å². The zero-order valence-corrected chi connectivity index (χ0v) is 12.5. The molecular weight excluding hydrogens is 304 g/mol. The zero-order chi connectivity index (χ0) is 16.3. The first-order valence-corrected chi connectivity index (χ1v) is 7.14. The van der Waals surface area contributed by atoms with E-state index >= 15 is 0 Å². The van der Waals surface area contributed by atoms with E-state index in [2.05, 4.69) is 10.3 Å². The molecule has 0 fully saturated rings. The minimum absolute atomic E-state index is 0.298. The van der Waals surface area contributed by atoms with Crippen molar-refractivity contribution in [1.29, 1.82) is 0 Å². The van der Waals surface area contributed by atoms with Gasteiger partial charge in [0, 0.05) is 5.56 Å². The molecule has 7 nitrogen and oxygen atoms in total. The van der Waals surface area contributed by atoms with Crippen LogP contribution in [0.2, 0.25) is 0 Å². The standard InChI is InChI=1S/C14H14N4O3S/c1-7-10(13(21)18-9(11(15)19)12(16)20)22-14(17-7)8-5-3-2-4-6-8/h2-6,9H,1H3,(H2,15,19)(H2,16,20)(H,18,21). The molecule has 1 heterocycles. The third-order valence-electron chi connectivity index (χ3n) is 2.87. The highest BCUT2D eigenvalue weighted by molar-refractivity contribution is 7.17. The van der Waals surface area contributed by atoms with Crippen LogP contribution in [0.15, 0.2) is 30.3 Å². The van der Waals surface area contributed by atoms with Crippen molar-refractivity contribution >= 4 is 29.1 Å². The Morgan fingerprint density at radius 3 is 2.27 bits per heavy atom. The van der Waals surface area contributed by atoms with E-state index in [1.165, 1.54) is 0 Å². The zero-order valence-electron chi connectivity index (χ0n) is 11.7. The number of nitrogens with one attached hydrogen (secondary N) is 1. The van der Waals surface area contributed by atoms with E-state index in [0.717, 1.165) is 16.9 Å². The molecule has 1 aromatic carbocycles. The molecule has 22 heavy (non-hydrogen) atoms. The number of nitrogens with zero attached hydrogens (tertiary/aromatic N) is 1. The SMILES string of the molecule is Cc1nc(-c2ccccc2)sc1C(=O)NC(C(N)=O)C(N)=O. The van der Waals surface area contributed by atoms with Gasteiger partial charge in [-0.05, 0) is 6.92 Å². The normalized spacial score (nSPS) is 10.5. The van der Waals surface area contributed by atoms with E-state index in [0.29, 0.717) is 15.6 Å². The number of aryl methyl sites for hydroxylation is 1. The lowest BCUT2D eigenvalue weighted by Crippen LogP contribution is -2.52. The molecule has 0 aliphatic carbocycles. The summed E-state index contributed by atoms with van der Waals surface area (Å²) in [7, 11) is 0. The summed E-state index contributed by atoms with van der Waals surface area (Å²) in [6, 6.07) is 7.80. The molecule has 2 rings (SSSR count). The number of hydrogen-bond acceptors (Lipinski definition) is 5. The Labute approximate surface area is 130 Å². The minimum Gasteiger partial charge on any atom is -0.367 e. The lowest BCUT2D eigenvalue weighted by atomic mass is 10.2. The average molecular weight is 318 g/mol. The number of primary amides is 2. The van der Waals surface area contributed by atoms with Crippen molar-refractivity contribution in [3.05, 3.63) is 40.9 Å². The molecule has 0 unspecified atom stereocenters. The predicted molar refractivity (Wildman–Crippen MR) is 81.9 cm³/mol. The van der Waals surface area contributed by atoms with Gasteiger partial charge in [0.25, 0.3) is 5.91 Å². The summed E-state index contributed by atoms with van der Waals surface area (Å²) in [5, 5.41) is 2.88. The van der Waals surface area contributed by atoms with Gasteiger partial charge in [-0.3, -0.25) is 14.4 Å². The second kappa shape index (κ2) is 6.35. The molecule has 0 saturated heterocycles. The molecule has 0 atom stereocenters. The van der Waals surface area contributed by atoms with Gasteiger partial charge in [0.1, 0.15) is 9.88 Å². The summed E-state index contributed by atoms with van der Waals surface area (Å²) < 4.78 is 0. The van der Waals surface area contributed by atoms with Crippen molar-refractivity contribution in [3.8, 4) is 10.6 Å². The second-order valence-corrected chi connectivity index (χ2v) is 5.51. The van der Waals surface area contributed by atoms with Crippen molar-refractivity contribution in [2.24, 2.45) is 11.5 Å². The molecule has 0 spiro atoms. The van der Waals surface area contributed by atoms with Crippen molar-refractivity contribution in [3.63, 3.8) is 0 Å². The number of nitrogens with two attached hydrogens (primary N) is 2. The Balaban J connectivity index is 2.26. The van der Waals surface area contributed by atoms with Gasteiger partial charge in [0.05, 0.1) is 5.69 Å². The molecule has 8 heteroatoms. The summed E-state index contributed by atoms with van der Waals surface area (Å²) in [5.74, 6) is -2.63. The molecule has 5 N–H and O–H groups in total. The van der Waals surface area contributed by atoms with Gasteiger partial charge in [0.2, 0.25) is 11.8 Å². The van der Waals surface area contributed by atoms with Gasteiger partial charge < -0.3 is 16.8 Å². The maximum absolute atomic E-state index is 12.2. The van der Waals surface area contributed by atoms with Crippen LogP contribution < -0.4 is 16.8 Å². The fraction of sp³-hybridized carbons (Fsp3) is 0.143. The Kier molecular flexibility index (Phi) is 4.52. The molecule has 0 radical (unpaired) electrons. The largest absolute Gasteiger partial charge is 0.367 e. The second-order valence-electron chi connectivity index (χ2n) is 4.51. The first-order chi connectivity index (χ1) is 10.4. The number of carbonyl (C=O) groups excluding carboxylic acids is 3. The fourth-order valence-electron chi connectivity index (χ4n) is 1.79. The van der Waals surface area contributed by atoms with Crippen molar-refractivity contribution < 1.29 is 14.4 Å². The van der Waals surface area contributed by atoms with Crippen molar-refractivity contribution in [2.75, 3.05) is 0 Å². The molecule has 3 amide bonds. The highest BCUT2D eigenvalue weighted by Crippen LogP contribution is 2.27. The molecule has 0 bridgehead atoms. The quantitative estimate of drug-likeness (QED) is 0.680. The van der Waals surface area contributed by atoms with Crippen LogP contribution >= 0.6 is 11.3 Å². The van der Waals surface area contributed by atoms with Gasteiger partial charge in [-0.25, -0.2) is 4.98 Å². The van der Waals surface area contributed by atoms with E-state index < -0.39 is 23.8 Å². The fourth-order valence-corrected chi connectivity index (χ4v) is 2.77. The Morgan fingerprint density at radius 2 is 1.73 bits per heavy atom. The Morgan fingerprint density at radius 1 is 1.14 bits per heavy atom. The number of aromatic nitrogens is 1. The van der Waals surface area contributed by atoms with Gasteiger partial charge in [0.15, 0.2) is 6.04 Å². The molecule has 0 saturated carbocycles. The summed E-state index contributed by atoms with van der Waals surface area (Å²) >= 11 is 1.16. The lowest BCUT2D eigenvalue weighted by Gasteiger charge is -2.10. The first-order valence-electron chi connectivity index (χ1n) is 6.32. The number of thiazole rings is 1. The number of carbonyl (C=O) groups is 3. The smallest absolute Gasteiger partial charge is 0.264 e. The van der Waals surface area contributed by atoms with E-state index in [9.17, 15) is 14.4 Å². The van der Waals surface area contributed by atoms with Gasteiger partial charge in [-0.2, -0.15) is 0 Å². The summed E-state index contributed by atoms with van der Waals surface area (Å²) in [5.41, 5.74) is 11.4. The summed E-state index contributed by atoms with van der Waals surface area (Å²) in [4.78, 5) is 39.0. The number of hydrogen-bond donors (Lipinski definition) is 3. The van der Waals surface area contributed by atoms with Crippen LogP contribution in [0.25, 0.3) is 10.6 Å². The highest BCUT2D eigenvalue weighted by atomic mass is 32.1. The minimum atomic E-state index is -1.55. The lowest BCUT2D eigenvalue weighted by molar-refractivity contribution is -0.128. The van der Waals surface area contributed by atoms with Crippen LogP contribution in [0, 0.1) is 6.92 Å². The summed E-state index contributed by atoms with van der Waals surface area (Å²) in [6.07, 6.45) is 0. The van der Waals surface area contributed by atoms with Crippen LogP contribution in [0.1, 0.15) is 15.4 Å². The van der Waals surface area contributed by atoms with Gasteiger partial charge >= 0.3 is 0 Å². The molecular formula is C14H14N4O3S.